The number of carbonyl (C=O) groups is 2. The molecule has 0 bridgehead atoms. The van der Waals surface area contributed by atoms with E-state index < -0.39 is 40.9 Å². The zero-order valence-electron chi connectivity index (χ0n) is 24.0. The molecule has 0 heterocycles. The molecule has 6 nitrogen and oxygen atoms in total. The Morgan fingerprint density at radius 1 is 1.07 bits per heavy atom. The molecule has 0 aliphatic heterocycles. The largest absolute Gasteiger partial charge is 0.419 e. The summed E-state index contributed by atoms with van der Waals surface area (Å²) in [6.07, 6.45) is 0.857. The van der Waals surface area contributed by atoms with E-state index in [0.29, 0.717) is 24.7 Å². The number of allylic oxidation sites excluding steroid dienone is 2. The van der Waals surface area contributed by atoms with E-state index in [0.717, 1.165) is 24.5 Å². The standard InChI is InChI=1S/C32H39F4N3O3/c1-3-15-39(16-4-2)29(41)24-11-8-14-31(19-24,30(37)42)26(17-22-9-6-5-7-10-22)28(40)21-38-20-23-12-13-25(27(33)18-23)32(34,35)36/h5-14,18,26,28,38,40H,3-4,15-17,19-21H2,1-2H3,(H2,37,42)/t26-,28+,31?/m1/s1. The Morgan fingerprint density at radius 3 is 2.31 bits per heavy atom. The van der Waals surface area contributed by atoms with Crippen molar-refractivity contribution in [2.75, 3.05) is 19.6 Å². The van der Waals surface area contributed by atoms with Crippen molar-refractivity contribution < 1.29 is 32.3 Å². The van der Waals surface area contributed by atoms with Gasteiger partial charge in [-0.2, -0.15) is 13.2 Å². The Kier molecular flexibility index (Phi) is 11.5. The van der Waals surface area contributed by atoms with E-state index in [1.54, 1.807) is 23.1 Å². The van der Waals surface area contributed by atoms with E-state index >= 15 is 0 Å². The summed E-state index contributed by atoms with van der Waals surface area (Å²) < 4.78 is 52.8. The summed E-state index contributed by atoms with van der Waals surface area (Å²) in [4.78, 5) is 28.4. The van der Waals surface area contributed by atoms with Gasteiger partial charge in [0.05, 0.1) is 17.1 Å². The quantitative estimate of drug-likeness (QED) is 0.265. The lowest BCUT2D eigenvalue weighted by molar-refractivity contribution is -0.140. The number of nitrogens with two attached hydrogens (primary N) is 1. The van der Waals surface area contributed by atoms with Gasteiger partial charge in [-0.3, -0.25) is 9.59 Å². The average Bonchev–Trinajstić information content (AvgIpc) is 2.95. The predicted octanol–water partition coefficient (Wildman–Crippen LogP) is 5.16. The third-order valence-corrected chi connectivity index (χ3v) is 7.63. The molecule has 3 atom stereocenters. The van der Waals surface area contributed by atoms with Crippen molar-refractivity contribution in [2.24, 2.45) is 17.1 Å². The molecule has 3 rings (SSSR count). The van der Waals surface area contributed by atoms with Gasteiger partial charge in [0.25, 0.3) is 0 Å². The van der Waals surface area contributed by atoms with Crippen LogP contribution in [0.1, 0.15) is 49.8 Å². The van der Waals surface area contributed by atoms with Gasteiger partial charge in [0.2, 0.25) is 11.8 Å². The summed E-state index contributed by atoms with van der Waals surface area (Å²) in [5.74, 6) is -3.00. The van der Waals surface area contributed by atoms with Gasteiger partial charge in [0.15, 0.2) is 0 Å². The summed E-state index contributed by atoms with van der Waals surface area (Å²) >= 11 is 0. The molecule has 1 aliphatic rings. The number of benzene rings is 2. The van der Waals surface area contributed by atoms with Gasteiger partial charge in [-0.05, 0) is 48.9 Å². The van der Waals surface area contributed by atoms with Crippen LogP contribution in [-0.4, -0.2) is 47.6 Å². The molecule has 0 saturated heterocycles. The monoisotopic (exact) mass is 589 g/mol. The van der Waals surface area contributed by atoms with Crippen molar-refractivity contribution in [1.82, 2.24) is 10.2 Å². The van der Waals surface area contributed by atoms with Crippen LogP contribution in [-0.2, 0) is 28.7 Å². The minimum Gasteiger partial charge on any atom is -0.391 e. The third-order valence-electron chi connectivity index (χ3n) is 7.63. The fraction of sp³-hybridized carbons (Fsp3) is 0.438. The highest BCUT2D eigenvalue weighted by molar-refractivity contribution is 5.96. The molecule has 10 heteroatoms. The maximum absolute atomic E-state index is 14.0. The average molecular weight is 590 g/mol. The number of amides is 2. The maximum atomic E-state index is 14.0. The Morgan fingerprint density at radius 2 is 1.74 bits per heavy atom. The normalized spacial score (nSPS) is 18.3. The van der Waals surface area contributed by atoms with E-state index in [-0.39, 0.29) is 37.4 Å². The molecule has 1 aliphatic carbocycles. The number of primary amides is 1. The fourth-order valence-electron chi connectivity index (χ4n) is 5.51. The molecule has 2 aromatic carbocycles. The van der Waals surface area contributed by atoms with Crippen molar-refractivity contribution in [3.05, 3.63) is 94.8 Å². The summed E-state index contributed by atoms with van der Waals surface area (Å²) in [5.41, 5.74) is 4.83. The van der Waals surface area contributed by atoms with Gasteiger partial charge in [-0.1, -0.05) is 68.5 Å². The highest BCUT2D eigenvalue weighted by Gasteiger charge is 2.47. The Bertz CT molecular complexity index is 1270. The summed E-state index contributed by atoms with van der Waals surface area (Å²) in [6, 6.07) is 11.9. The lowest BCUT2D eigenvalue weighted by atomic mass is 9.64. The van der Waals surface area contributed by atoms with Gasteiger partial charge in [0.1, 0.15) is 5.82 Å². The lowest BCUT2D eigenvalue weighted by Gasteiger charge is -2.41. The van der Waals surface area contributed by atoms with Crippen LogP contribution in [0.4, 0.5) is 17.6 Å². The van der Waals surface area contributed by atoms with Crippen LogP contribution in [0.5, 0.6) is 0 Å². The molecular weight excluding hydrogens is 550 g/mol. The van der Waals surface area contributed by atoms with Crippen LogP contribution in [0.25, 0.3) is 0 Å². The van der Waals surface area contributed by atoms with Crippen molar-refractivity contribution in [2.45, 2.75) is 58.4 Å². The number of nitrogens with one attached hydrogen (secondary N) is 1. The first-order valence-corrected chi connectivity index (χ1v) is 14.2. The molecule has 42 heavy (non-hydrogen) atoms. The molecule has 228 valence electrons. The topological polar surface area (TPSA) is 95.7 Å². The number of carbonyl (C=O) groups excluding carboxylic acids is 2. The first-order valence-electron chi connectivity index (χ1n) is 14.2. The molecule has 2 amide bonds. The number of aliphatic hydroxyl groups is 1. The van der Waals surface area contributed by atoms with Crippen LogP contribution in [0.15, 0.2) is 72.3 Å². The van der Waals surface area contributed by atoms with Gasteiger partial charge in [-0.15, -0.1) is 0 Å². The lowest BCUT2D eigenvalue weighted by Crippen LogP contribution is -2.51. The summed E-state index contributed by atoms with van der Waals surface area (Å²) in [7, 11) is 0. The second kappa shape index (κ2) is 14.6. The first-order chi connectivity index (χ1) is 19.9. The van der Waals surface area contributed by atoms with Crippen LogP contribution in [0.3, 0.4) is 0 Å². The second-order valence-corrected chi connectivity index (χ2v) is 10.7. The van der Waals surface area contributed by atoms with Crippen LogP contribution in [0, 0.1) is 17.2 Å². The first kappa shape index (κ1) is 33.0. The van der Waals surface area contributed by atoms with Gasteiger partial charge in [0, 0.05) is 37.7 Å². The molecule has 2 aromatic rings. The molecule has 4 N–H and O–H groups in total. The third kappa shape index (κ3) is 8.07. The number of rotatable bonds is 14. The number of hydrogen-bond acceptors (Lipinski definition) is 4. The van der Waals surface area contributed by atoms with Gasteiger partial charge >= 0.3 is 6.18 Å². The molecule has 0 saturated carbocycles. The van der Waals surface area contributed by atoms with Crippen molar-refractivity contribution >= 4 is 11.8 Å². The SMILES string of the molecule is CCCN(CCC)C(=O)C1=CC=CC(C(N)=O)([C@H](Cc2ccccc2)[C@@H](O)CNCc2ccc(C(F)(F)F)c(F)c2)C1. The van der Waals surface area contributed by atoms with E-state index in [1.165, 1.54) is 6.07 Å². The fourth-order valence-corrected chi connectivity index (χ4v) is 5.51. The highest BCUT2D eigenvalue weighted by Crippen LogP contribution is 2.43. The van der Waals surface area contributed by atoms with Gasteiger partial charge in [-0.25, -0.2) is 4.39 Å². The molecule has 1 unspecified atom stereocenters. The highest BCUT2D eigenvalue weighted by atomic mass is 19.4. The zero-order valence-corrected chi connectivity index (χ0v) is 24.0. The number of halogens is 4. The maximum Gasteiger partial charge on any atom is 0.419 e. The molecule has 0 fully saturated rings. The number of aliphatic hydroxyl groups excluding tert-OH is 1. The van der Waals surface area contributed by atoms with Crippen molar-refractivity contribution in [1.29, 1.82) is 0 Å². The van der Waals surface area contributed by atoms with Crippen LogP contribution < -0.4 is 11.1 Å². The molecule has 0 radical (unpaired) electrons. The number of nitrogens with zero attached hydrogens (tertiary/aromatic N) is 1. The molecule has 0 spiro atoms. The van der Waals surface area contributed by atoms with E-state index in [1.807, 2.05) is 44.2 Å². The van der Waals surface area contributed by atoms with Gasteiger partial charge < -0.3 is 21.1 Å². The van der Waals surface area contributed by atoms with E-state index in [9.17, 15) is 32.3 Å². The summed E-state index contributed by atoms with van der Waals surface area (Å²) in [5, 5.41) is 14.5. The number of alkyl halides is 3. The number of hydrogen-bond donors (Lipinski definition) is 3. The predicted molar refractivity (Wildman–Crippen MR) is 153 cm³/mol. The van der Waals surface area contributed by atoms with Crippen LogP contribution in [0.2, 0.25) is 0 Å². The van der Waals surface area contributed by atoms with Crippen molar-refractivity contribution in [3.8, 4) is 0 Å². The zero-order chi connectivity index (χ0) is 30.9. The molecular formula is C32H39F4N3O3. The smallest absolute Gasteiger partial charge is 0.391 e. The van der Waals surface area contributed by atoms with E-state index in [2.05, 4.69) is 5.32 Å². The second-order valence-electron chi connectivity index (χ2n) is 10.7. The van der Waals surface area contributed by atoms with Crippen molar-refractivity contribution in [3.63, 3.8) is 0 Å². The summed E-state index contributed by atoms with van der Waals surface area (Å²) in [6.45, 7) is 5.03. The van der Waals surface area contributed by atoms with E-state index in [4.69, 9.17) is 5.73 Å². The minimum atomic E-state index is -4.80. The Labute approximate surface area is 244 Å². The Hall–Kier alpha value is -3.50. The van der Waals surface area contributed by atoms with Crippen LogP contribution >= 0.6 is 0 Å². The Balaban J connectivity index is 1.86. The minimum absolute atomic E-state index is 0.0142. The molecule has 0 aromatic heterocycles.